The second-order valence-corrected chi connectivity index (χ2v) is 8.46. The predicted molar refractivity (Wildman–Crippen MR) is 128 cm³/mol. The van der Waals surface area contributed by atoms with Gasteiger partial charge in [0.05, 0.1) is 11.6 Å². The van der Waals surface area contributed by atoms with Gasteiger partial charge in [-0.2, -0.15) is 0 Å². The number of fused-ring (bicyclic) bond motifs is 1. The molecule has 0 radical (unpaired) electrons. The van der Waals surface area contributed by atoms with Crippen molar-refractivity contribution >= 4 is 40.3 Å². The Kier molecular flexibility index (Phi) is 7.13. The van der Waals surface area contributed by atoms with Crippen LogP contribution < -0.4 is 10.6 Å². The van der Waals surface area contributed by atoms with E-state index < -0.39 is 24.4 Å². The molecule has 4 aromatic rings. The Morgan fingerprint density at radius 2 is 1.94 bits per heavy atom. The number of anilines is 1. The number of halogens is 2. The molecular formula is C24H21ClFN5O5. The summed E-state index contributed by atoms with van der Waals surface area (Å²) in [6.07, 6.45) is 0.200. The first-order valence-corrected chi connectivity index (χ1v) is 11.1. The number of carboxylic acid groups (broad SMARTS) is 1. The van der Waals surface area contributed by atoms with E-state index in [1.807, 2.05) is 0 Å². The van der Waals surface area contributed by atoms with Crippen molar-refractivity contribution in [1.29, 1.82) is 0 Å². The number of pyridine rings is 2. The maximum Gasteiger partial charge on any atom is 0.410 e. The number of hydrogen-bond acceptors (Lipinski definition) is 7. The van der Waals surface area contributed by atoms with Gasteiger partial charge in [-0.1, -0.05) is 11.6 Å². The molecule has 1 aromatic carbocycles. The number of aryl methyl sites for hydroxylation is 2. The van der Waals surface area contributed by atoms with Crippen molar-refractivity contribution < 1.29 is 28.6 Å². The largest absolute Gasteiger partial charge is 0.465 e. The number of hydrogen-bond donors (Lipinski definition) is 4. The topological polar surface area (TPSA) is 150 Å². The Balaban J connectivity index is 1.52. The van der Waals surface area contributed by atoms with E-state index in [-0.39, 0.29) is 41.6 Å². The van der Waals surface area contributed by atoms with Crippen molar-refractivity contribution in [3.05, 3.63) is 81.0 Å². The van der Waals surface area contributed by atoms with Crippen molar-refractivity contribution in [3.8, 4) is 0 Å². The lowest BCUT2D eigenvalue weighted by Gasteiger charge is -2.12. The van der Waals surface area contributed by atoms with E-state index >= 15 is 0 Å². The third kappa shape index (κ3) is 5.42. The summed E-state index contributed by atoms with van der Waals surface area (Å²) in [5.41, 5.74) is 2.70. The van der Waals surface area contributed by atoms with Crippen LogP contribution in [0, 0.1) is 19.7 Å². The first-order valence-electron chi connectivity index (χ1n) is 10.7. The Bertz CT molecular complexity index is 1470. The number of rotatable bonds is 7. The molecule has 2 amide bonds. The van der Waals surface area contributed by atoms with Crippen LogP contribution in [0.1, 0.15) is 44.5 Å². The first-order chi connectivity index (χ1) is 17.1. The normalized spacial score (nSPS) is 11.0. The van der Waals surface area contributed by atoms with Gasteiger partial charge in [-0.25, -0.2) is 19.2 Å². The van der Waals surface area contributed by atoms with Crippen LogP contribution in [0.2, 0.25) is 5.02 Å². The van der Waals surface area contributed by atoms with E-state index in [0.717, 1.165) is 5.56 Å². The quantitative estimate of drug-likeness (QED) is 0.288. The smallest absolute Gasteiger partial charge is 0.410 e. The number of nitrogens with zero attached hydrogens (tertiary/aromatic N) is 3. The summed E-state index contributed by atoms with van der Waals surface area (Å²) >= 11 is 5.96. The lowest BCUT2D eigenvalue weighted by Crippen LogP contribution is -2.24. The molecule has 12 heteroatoms. The molecule has 0 aliphatic heterocycles. The first kappa shape index (κ1) is 25.0. The van der Waals surface area contributed by atoms with Gasteiger partial charge >= 0.3 is 6.09 Å². The zero-order chi connectivity index (χ0) is 26.0. The highest BCUT2D eigenvalue weighted by atomic mass is 35.5. The highest BCUT2D eigenvalue weighted by Crippen LogP contribution is 2.24. The standard InChI is InChI=1S/C24H21ClFN5O5/c1-11-3-19(31-24(34)35)29-12(2)16(11)9-28-23(33)22-18(10-32)30-20(36-22)6-13-4-14-7-15(25)8-27-21(14)17(26)5-13/h3-5,7-8,32H,6,9-10H2,1-2H3,(H,28,33)(H,29,31)(H,34,35). The second-order valence-electron chi connectivity index (χ2n) is 8.02. The predicted octanol–water partition coefficient (Wildman–Crippen LogP) is 4.13. The van der Waals surface area contributed by atoms with Gasteiger partial charge in [0.15, 0.2) is 5.89 Å². The van der Waals surface area contributed by atoms with Crippen molar-refractivity contribution in [2.24, 2.45) is 0 Å². The average molecular weight is 514 g/mol. The minimum absolute atomic E-state index is 0.0426. The van der Waals surface area contributed by atoms with Gasteiger partial charge in [-0.05, 0) is 54.8 Å². The third-order valence-electron chi connectivity index (χ3n) is 5.43. The molecule has 0 spiro atoms. The Hall–Kier alpha value is -4.09. The van der Waals surface area contributed by atoms with Gasteiger partial charge in [0.1, 0.15) is 22.8 Å². The molecule has 0 saturated heterocycles. The maximum absolute atomic E-state index is 14.5. The number of oxazole rings is 1. The molecule has 0 aliphatic carbocycles. The lowest BCUT2D eigenvalue weighted by molar-refractivity contribution is 0.0917. The van der Waals surface area contributed by atoms with Crippen LogP contribution in [-0.2, 0) is 19.6 Å². The number of carbonyl (C=O) groups is 2. The van der Waals surface area contributed by atoms with E-state index in [4.69, 9.17) is 21.1 Å². The summed E-state index contributed by atoms with van der Waals surface area (Å²) in [6, 6.07) is 6.14. The third-order valence-corrected chi connectivity index (χ3v) is 5.64. The molecular weight excluding hydrogens is 493 g/mol. The molecule has 4 N–H and O–H groups in total. The van der Waals surface area contributed by atoms with E-state index in [0.29, 0.717) is 27.2 Å². The van der Waals surface area contributed by atoms with Crippen molar-refractivity contribution in [2.45, 2.75) is 33.4 Å². The van der Waals surface area contributed by atoms with Gasteiger partial charge in [-0.15, -0.1) is 0 Å². The van der Waals surface area contributed by atoms with Crippen molar-refractivity contribution in [3.63, 3.8) is 0 Å². The summed E-state index contributed by atoms with van der Waals surface area (Å²) in [5, 5.41) is 24.3. The molecule has 10 nitrogen and oxygen atoms in total. The summed E-state index contributed by atoms with van der Waals surface area (Å²) in [5.74, 6) is -1.000. The SMILES string of the molecule is Cc1cc(NC(=O)O)nc(C)c1CNC(=O)c1oc(Cc2cc(F)c3ncc(Cl)cc3c2)nc1CO. The van der Waals surface area contributed by atoms with E-state index in [2.05, 4.69) is 25.6 Å². The fourth-order valence-corrected chi connectivity index (χ4v) is 3.99. The Morgan fingerprint density at radius 3 is 2.64 bits per heavy atom. The number of aliphatic hydroxyl groups excluding tert-OH is 1. The molecule has 0 saturated carbocycles. The summed E-state index contributed by atoms with van der Waals surface area (Å²) in [7, 11) is 0. The van der Waals surface area contributed by atoms with Gasteiger partial charge in [0.25, 0.3) is 5.91 Å². The highest BCUT2D eigenvalue weighted by molar-refractivity contribution is 6.31. The molecule has 186 valence electrons. The maximum atomic E-state index is 14.5. The molecule has 0 aliphatic rings. The van der Waals surface area contributed by atoms with E-state index in [1.54, 1.807) is 32.0 Å². The number of benzene rings is 1. The number of aliphatic hydroxyl groups is 1. The zero-order valence-corrected chi connectivity index (χ0v) is 20.0. The van der Waals surface area contributed by atoms with Crippen LogP contribution in [0.5, 0.6) is 0 Å². The summed E-state index contributed by atoms with van der Waals surface area (Å²) in [4.78, 5) is 36.0. The molecule has 0 fully saturated rings. The molecule has 0 unspecified atom stereocenters. The fourth-order valence-electron chi connectivity index (χ4n) is 3.82. The molecule has 3 aromatic heterocycles. The number of aromatic nitrogens is 3. The monoisotopic (exact) mass is 513 g/mol. The fraction of sp³-hybridized carbons (Fsp3) is 0.208. The van der Waals surface area contributed by atoms with Gasteiger partial charge < -0.3 is 19.9 Å². The number of nitrogens with one attached hydrogen (secondary N) is 2. The van der Waals surface area contributed by atoms with Crippen molar-refractivity contribution in [1.82, 2.24) is 20.3 Å². The van der Waals surface area contributed by atoms with Crippen LogP contribution in [0.3, 0.4) is 0 Å². The average Bonchev–Trinajstić information content (AvgIpc) is 3.20. The van der Waals surface area contributed by atoms with Gasteiger partial charge in [-0.3, -0.25) is 15.1 Å². The zero-order valence-electron chi connectivity index (χ0n) is 19.2. The van der Waals surface area contributed by atoms with Crippen LogP contribution in [-0.4, -0.2) is 37.2 Å². The summed E-state index contributed by atoms with van der Waals surface area (Å²) < 4.78 is 20.1. The summed E-state index contributed by atoms with van der Waals surface area (Å²) in [6.45, 7) is 3.01. The lowest BCUT2D eigenvalue weighted by atomic mass is 10.1. The second kappa shape index (κ2) is 10.3. The minimum Gasteiger partial charge on any atom is -0.465 e. The van der Waals surface area contributed by atoms with Crippen LogP contribution in [0.4, 0.5) is 15.0 Å². The van der Waals surface area contributed by atoms with Gasteiger partial charge in [0.2, 0.25) is 5.76 Å². The van der Waals surface area contributed by atoms with Gasteiger partial charge in [0, 0.05) is 30.2 Å². The molecule has 36 heavy (non-hydrogen) atoms. The Morgan fingerprint density at radius 1 is 1.17 bits per heavy atom. The minimum atomic E-state index is -1.23. The highest BCUT2D eigenvalue weighted by Gasteiger charge is 2.21. The van der Waals surface area contributed by atoms with Crippen LogP contribution in [0.15, 0.2) is 34.9 Å². The van der Waals surface area contributed by atoms with Crippen LogP contribution >= 0.6 is 11.6 Å². The van der Waals surface area contributed by atoms with Crippen molar-refractivity contribution in [2.75, 3.05) is 5.32 Å². The van der Waals surface area contributed by atoms with Crippen LogP contribution in [0.25, 0.3) is 10.9 Å². The molecule has 0 atom stereocenters. The number of carbonyl (C=O) groups excluding carboxylic acids is 1. The Labute approximate surface area is 209 Å². The molecule has 3 heterocycles. The number of amides is 2. The molecule has 0 bridgehead atoms. The molecule has 4 rings (SSSR count). The van der Waals surface area contributed by atoms with E-state index in [1.165, 1.54) is 12.3 Å². The van der Waals surface area contributed by atoms with E-state index in [9.17, 15) is 19.1 Å².